The summed E-state index contributed by atoms with van der Waals surface area (Å²) in [6, 6.07) is 22.6. The zero-order valence-electron chi connectivity index (χ0n) is 20.7. The van der Waals surface area contributed by atoms with E-state index < -0.39 is 0 Å². The summed E-state index contributed by atoms with van der Waals surface area (Å²) >= 11 is 0. The van der Waals surface area contributed by atoms with Crippen molar-refractivity contribution in [1.82, 2.24) is 30.7 Å². The van der Waals surface area contributed by atoms with Gasteiger partial charge in [0, 0.05) is 40.7 Å². The first-order chi connectivity index (χ1) is 17.7. The van der Waals surface area contributed by atoms with Gasteiger partial charge in [0.15, 0.2) is 0 Å². The number of H-pyrrole nitrogens is 1. The maximum atomic E-state index is 5.77. The highest BCUT2D eigenvalue weighted by atomic mass is 16.7. The van der Waals surface area contributed by atoms with E-state index in [4.69, 9.17) is 9.83 Å². The molecule has 182 valence electrons. The molecule has 2 aromatic heterocycles. The molecule has 3 heterocycles. The van der Waals surface area contributed by atoms with Gasteiger partial charge in [0.05, 0.1) is 12.8 Å². The highest BCUT2D eigenvalue weighted by Gasteiger charge is 2.29. The summed E-state index contributed by atoms with van der Waals surface area (Å²) in [5.74, 6) is 0.574. The molecule has 1 atom stereocenters. The van der Waals surface area contributed by atoms with E-state index in [1.54, 1.807) is 7.11 Å². The predicted molar refractivity (Wildman–Crippen MR) is 140 cm³/mol. The Hall–Kier alpha value is -4.17. The highest BCUT2D eigenvalue weighted by molar-refractivity contribution is 6.13. The van der Waals surface area contributed by atoms with Crippen molar-refractivity contribution in [3.63, 3.8) is 0 Å². The van der Waals surface area contributed by atoms with Crippen LogP contribution in [0.1, 0.15) is 37.9 Å². The van der Waals surface area contributed by atoms with E-state index in [2.05, 4.69) is 69.8 Å². The molecule has 36 heavy (non-hydrogen) atoms. The van der Waals surface area contributed by atoms with Crippen molar-refractivity contribution in [2.45, 2.75) is 39.3 Å². The van der Waals surface area contributed by atoms with Crippen LogP contribution in [0.5, 0.6) is 0 Å². The lowest BCUT2D eigenvalue weighted by atomic mass is 9.92. The molecule has 1 unspecified atom stereocenters. The minimum atomic E-state index is -0.0684. The fraction of sp³-hybridized carbons (Fsp3) is 0.250. The fourth-order valence-electron chi connectivity index (χ4n) is 4.66. The molecule has 0 saturated heterocycles. The first-order valence-corrected chi connectivity index (χ1v) is 12.1. The van der Waals surface area contributed by atoms with Gasteiger partial charge in [-0.1, -0.05) is 67.9 Å². The Morgan fingerprint density at radius 2 is 1.69 bits per heavy atom. The number of tetrazole rings is 1. The summed E-state index contributed by atoms with van der Waals surface area (Å²) in [6.45, 7) is 4.27. The van der Waals surface area contributed by atoms with E-state index in [1.165, 1.54) is 0 Å². The second kappa shape index (κ2) is 10.6. The summed E-state index contributed by atoms with van der Waals surface area (Å²) in [7, 11) is 1.71. The average molecular weight is 480 g/mol. The van der Waals surface area contributed by atoms with Crippen molar-refractivity contribution in [3.8, 4) is 22.5 Å². The standard InChI is InChI=1S/C28H29N7O/c1-4-9-26-30-27(25(19(2)35(26)36-3)18-22-10-7-8-17-29-22)21-15-13-20(14-16-21)23-11-5-6-12-24(23)28-31-33-34-32-28/h5-8,10-17,26H,4,9,18H2,1-3H3,(H,31,32,33,34). The minimum Gasteiger partial charge on any atom is -0.275 e. The Balaban J connectivity index is 1.54. The monoisotopic (exact) mass is 479 g/mol. The molecule has 1 N–H and O–H groups in total. The van der Waals surface area contributed by atoms with Crippen molar-refractivity contribution >= 4 is 5.71 Å². The third-order valence-corrected chi connectivity index (χ3v) is 6.41. The molecule has 0 radical (unpaired) electrons. The number of hydroxylamine groups is 2. The van der Waals surface area contributed by atoms with E-state index in [1.807, 2.05) is 47.7 Å². The smallest absolute Gasteiger partial charge is 0.205 e. The van der Waals surface area contributed by atoms with Crippen LogP contribution >= 0.6 is 0 Å². The first-order valence-electron chi connectivity index (χ1n) is 12.1. The number of allylic oxidation sites excluding steroid dienone is 2. The normalized spacial score (nSPS) is 15.8. The zero-order valence-corrected chi connectivity index (χ0v) is 20.7. The number of pyridine rings is 1. The van der Waals surface area contributed by atoms with Gasteiger partial charge in [-0.2, -0.15) is 5.21 Å². The van der Waals surface area contributed by atoms with Crippen molar-refractivity contribution in [3.05, 3.63) is 95.5 Å². The van der Waals surface area contributed by atoms with E-state index in [0.717, 1.165) is 57.8 Å². The number of nitrogens with zero attached hydrogens (tertiary/aromatic N) is 6. The average Bonchev–Trinajstić information content (AvgIpc) is 3.46. The van der Waals surface area contributed by atoms with Gasteiger partial charge in [0.1, 0.15) is 6.17 Å². The minimum absolute atomic E-state index is 0.0684. The molecule has 8 heteroatoms. The number of aliphatic imine (C=N–C) groups is 1. The van der Waals surface area contributed by atoms with Gasteiger partial charge in [0.25, 0.3) is 0 Å². The Labute approximate surface area is 210 Å². The maximum Gasteiger partial charge on any atom is 0.205 e. The second-order valence-electron chi connectivity index (χ2n) is 8.68. The molecule has 2 aromatic carbocycles. The lowest BCUT2D eigenvalue weighted by molar-refractivity contribution is -0.133. The Kier molecular flexibility index (Phi) is 6.95. The highest BCUT2D eigenvalue weighted by Crippen LogP contribution is 2.32. The number of nitrogens with one attached hydrogen (secondary N) is 1. The van der Waals surface area contributed by atoms with E-state index >= 15 is 0 Å². The third-order valence-electron chi connectivity index (χ3n) is 6.41. The first kappa shape index (κ1) is 23.6. The van der Waals surface area contributed by atoms with Crippen molar-refractivity contribution in [2.75, 3.05) is 7.11 Å². The van der Waals surface area contributed by atoms with Gasteiger partial charge >= 0.3 is 0 Å². The van der Waals surface area contributed by atoms with Crippen LogP contribution in [0.4, 0.5) is 0 Å². The molecule has 5 rings (SSSR count). The predicted octanol–water partition coefficient (Wildman–Crippen LogP) is 5.24. The Bertz CT molecular complexity index is 1360. The van der Waals surface area contributed by atoms with Gasteiger partial charge in [-0.3, -0.25) is 14.8 Å². The van der Waals surface area contributed by atoms with Crippen LogP contribution in [-0.4, -0.2) is 49.7 Å². The molecule has 0 aliphatic carbocycles. The summed E-state index contributed by atoms with van der Waals surface area (Å²) in [5, 5.41) is 16.5. The van der Waals surface area contributed by atoms with E-state index in [-0.39, 0.29) is 6.17 Å². The van der Waals surface area contributed by atoms with Crippen LogP contribution in [-0.2, 0) is 11.3 Å². The van der Waals surface area contributed by atoms with Gasteiger partial charge in [0.2, 0.25) is 5.82 Å². The van der Waals surface area contributed by atoms with Crippen LogP contribution in [0.2, 0.25) is 0 Å². The molecule has 4 aromatic rings. The Morgan fingerprint density at radius 1 is 0.944 bits per heavy atom. The second-order valence-corrected chi connectivity index (χ2v) is 8.68. The summed E-state index contributed by atoms with van der Waals surface area (Å²) in [5.41, 5.74) is 8.29. The van der Waals surface area contributed by atoms with Crippen LogP contribution in [0, 0.1) is 0 Å². The number of hydrogen-bond donors (Lipinski definition) is 1. The topological polar surface area (TPSA) is 92.2 Å². The Morgan fingerprint density at radius 3 is 2.36 bits per heavy atom. The van der Waals surface area contributed by atoms with Crippen LogP contribution < -0.4 is 0 Å². The van der Waals surface area contributed by atoms with Crippen LogP contribution in [0.3, 0.4) is 0 Å². The lowest BCUT2D eigenvalue weighted by Gasteiger charge is -2.35. The molecule has 0 saturated carbocycles. The lowest BCUT2D eigenvalue weighted by Crippen LogP contribution is -2.38. The summed E-state index contributed by atoms with van der Waals surface area (Å²) in [6.07, 6.45) is 4.35. The largest absolute Gasteiger partial charge is 0.275 e. The van der Waals surface area contributed by atoms with Gasteiger partial charge < -0.3 is 0 Å². The summed E-state index contributed by atoms with van der Waals surface area (Å²) in [4.78, 5) is 15.5. The number of benzene rings is 2. The molecule has 1 aliphatic heterocycles. The van der Waals surface area contributed by atoms with Crippen molar-refractivity contribution < 1.29 is 4.84 Å². The van der Waals surface area contributed by atoms with Gasteiger partial charge in [-0.15, -0.1) is 10.2 Å². The number of aromatic amines is 1. The fourth-order valence-corrected chi connectivity index (χ4v) is 4.66. The molecule has 0 amide bonds. The molecule has 0 fully saturated rings. The zero-order chi connectivity index (χ0) is 24.9. The molecular formula is C28H29N7O. The number of hydrogen-bond acceptors (Lipinski definition) is 7. The van der Waals surface area contributed by atoms with Crippen molar-refractivity contribution in [2.24, 2.45) is 4.99 Å². The van der Waals surface area contributed by atoms with E-state index in [9.17, 15) is 0 Å². The van der Waals surface area contributed by atoms with Gasteiger partial charge in [-0.25, -0.2) is 5.06 Å². The quantitative estimate of drug-likeness (QED) is 0.372. The van der Waals surface area contributed by atoms with E-state index in [0.29, 0.717) is 12.2 Å². The molecule has 0 spiro atoms. The number of aromatic nitrogens is 5. The summed E-state index contributed by atoms with van der Waals surface area (Å²) < 4.78 is 0. The molecule has 8 nitrogen and oxygen atoms in total. The third kappa shape index (κ3) is 4.67. The van der Waals surface area contributed by atoms with Crippen molar-refractivity contribution in [1.29, 1.82) is 0 Å². The maximum absolute atomic E-state index is 5.77. The molecule has 0 bridgehead atoms. The SMILES string of the molecule is CCCC1N=C(c2ccc(-c3ccccc3-c3nn[nH]n3)cc2)C(Cc2ccccn2)=C(C)N1OC. The molecular weight excluding hydrogens is 450 g/mol. The van der Waals surface area contributed by atoms with Crippen LogP contribution in [0.25, 0.3) is 22.5 Å². The number of rotatable bonds is 8. The van der Waals surface area contributed by atoms with Gasteiger partial charge in [-0.05, 0) is 41.8 Å². The molecule has 1 aliphatic rings. The van der Waals surface area contributed by atoms with Crippen LogP contribution in [0.15, 0.2) is 89.2 Å².